The Labute approximate surface area is 532 Å². The van der Waals surface area contributed by atoms with Gasteiger partial charge in [0.15, 0.2) is 6.10 Å². The van der Waals surface area contributed by atoms with Gasteiger partial charge in [0.1, 0.15) is 19.8 Å². The lowest BCUT2D eigenvalue weighted by Crippen LogP contribution is -2.37. The smallest absolute Gasteiger partial charge is 0.462 e. The van der Waals surface area contributed by atoms with Crippen molar-refractivity contribution >= 4 is 19.8 Å². The number of hydrogen-bond acceptors (Lipinski definition) is 7. The molecular formula is C76H139NO8P+. The first kappa shape index (κ1) is 83.2. The molecule has 2 atom stereocenters. The van der Waals surface area contributed by atoms with Crippen molar-refractivity contribution in [2.24, 2.45) is 0 Å². The van der Waals surface area contributed by atoms with Crippen LogP contribution in [-0.4, -0.2) is 74.9 Å². The second kappa shape index (κ2) is 66.6. The number of esters is 2. The summed E-state index contributed by atoms with van der Waals surface area (Å²) in [5, 5.41) is 0. The number of likely N-dealkylation sites (N-methyl/N-ethyl adjacent to an activating group) is 1. The van der Waals surface area contributed by atoms with Gasteiger partial charge in [-0.15, -0.1) is 0 Å². The Morgan fingerprint density at radius 2 is 0.663 bits per heavy atom. The maximum absolute atomic E-state index is 12.9. The molecule has 9 nitrogen and oxygen atoms in total. The van der Waals surface area contributed by atoms with Gasteiger partial charge in [-0.05, 0) is 89.9 Å². The molecule has 86 heavy (non-hydrogen) atoms. The summed E-state index contributed by atoms with van der Waals surface area (Å²) >= 11 is 0. The summed E-state index contributed by atoms with van der Waals surface area (Å²) in [4.78, 5) is 35.9. The van der Waals surface area contributed by atoms with Crippen molar-refractivity contribution in [3.63, 3.8) is 0 Å². The van der Waals surface area contributed by atoms with Crippen LogP contribution in [0.15, 0.2) is 85.1 Å². The molecule has 500 valence electrons. The maximum Gasteiger partial charge on any atom is 0.472 e. The van der Waals surface area contributed by atoms with Crippen molar-refractivity contribution in [1.82, 2.24) is 0 Å². The number of phosphoric ester groups is 1. The molecule has 0 aromatic carbocycles. The van der Waals surface area contributed by atoms with Gasteiger partial charge >= 0.3 is 19.8 Å². The van der Waals surface area contributed by atoms with Crippen LogP contribution in [0.4, 0.5) is 0 Å². The van der Waals surface area contributed by atoms with E-state index in [2.05, 4.69) is 98.9 Å². The first-order valence-corrected chi connectivity index (χ1v) is 37.8. The van der Waals surface area contributed by atoms with Gasteiger partial charge in [0.2, 0.25) is 0 Å². The molecule has 0 aliphatic rings. The number of unbranched alkanes of at least 4 members (excludes halogenated alkanes) is 39. The Morgan fingerprint density at radius 1 is 0.372 bits per heavy atom. The third-order valence-corrected chi connectivity index (χ3v) is 16.9. The van der Waals surface area contributed by atoms with E-state index < -0.39 is 26.5 Å². The number of nitrogens with zero attached hydrogens (tertiary/aromatic N) is 1. The largest absolute Gasteiger partial charge is 0.472 e. The zero-order valence-electron chi connectivity index (χ0n) is 57.0. The molecule has 0 amide bonds. The number of phosphoric acid groups is 1. The van der Waals surface area contributed by atoms with Gasteiger partial charge in [-0.3, -0.25) is 18.6 Å². The van der Waals surface area contributed by atoms with E-state index in [-0.39, 0.29) is 32.0 Å². The fourth-order valence-corrected chi connectivity index (χ4v) is 11.1. The molecule has 0 aliphatic heterocycles. The first-order valence-electron chi connectivity index (χ1n) is 36.3. The normalized spacial score (nSPS) is 13.6. The predicted molar refractivity (Wildman–Crippen MR) is 372 cm³/mol. The van der Waals surface area contributed by atoms with Gasteiger partial charge in [-0.2, -0.15) is 0 Å². The number of rotatable bonds is 67. The van der Waals surface area contributed by atoms with Crippen LogP contribution in [0.3, 0.4) is 0 Å². The highest BCUT2D eigenvalue weighted by atomic mass is 31.2. The molecule has 0 saturated heterocycles. The fourth-order valence-electron chi connectivity index (χ4n) is 10.4. The average molecular weight is 1230 g/mol. The Bertz CT molecular complexity index is 1730. The van der Waals surface area contributed by atoms with Crippen LogP contribution in [0, 0.1) is 0 Å². The summed E-state index contributed by atoms with van der Waals surface area (Å²) in [6.07, 6.45) is 91.3. The standard InChI is InChI=1S/C76H138NO8P/c1-6-8-10-12-14-16-18-20-22-24-26-28-30-32-33-34-35-36-37-38-39-40-41-42-43-45-46-48-50-52-54-56-58-60-62-64-66-68-75(78)82-72-74(73-84-86(80,81)83-71-70-77(3,4)5)85-76(79)69-67-65-63-61-59-57-55-53-51-49-47-44-31-29-27-25-23-21-19-17-15-13-11-9-7-2/h9,11,15,17-18,20-21,23-24,26-27,29,44,47,74H,6-8,10,12-14,16,19,22,25,28,30-43,45-46,48-73H2,1-5H3/p+1/b11-9-,17-15-,20-18-,23-21-,26-24-,29-27-,47-44-. The maximum atomic E-state index is 12.9. The molecule has 0 radical (unpaired) electrons. The van der Waals surface area contributed by atoms with Crippen LogP contribution in [-0.2, 0) is 32.7 Å². The molecule has 0 aliphatic carbocycles. The number of quaternary nitrogens is 1. The molecule has 0 aromatic rings. The topological polar surface area (TPSA) is 108 Å². The molecule has 0 fully saturated rings. The number of carbonyl (C=O) groups excluding carboxylic acids is 2. The summed E-state index contributed by atoms with van der Waals surface area (Å²) in [6.45, 7) is 4.34. The lowest BCUT2D eigenvalue weighted by Gasteiger charge is -2.24. The highest BCUT2D eigenvalue weighted by molar-refractivity contribution is 7.47. The zero-order chi connectivity index (χ0) is 62.6. The van der Waals surface area contributed by atoms with E-state index in [1.54, 1.807) is 0 Å². The van der Waals surface area contributed by atoms with Crippen molar-refractivity contribution in [2.45, 2.75) is 341 Å². The molecule has 0 rings (SSSR count). The Balaban J connectivity index is 3.97. The molecule has 0 heterocycles. The second-order valence-electron chi connectivity index (χ2n) is 25.6. The van der Waals surface area contributed by atoms with Gasteiger partial charge in [0.05, 0.1) is 27.7 Å². The SMILES string of the molecule is CC/C=C\C/C=C\C/C=C\C/C=C\C/C=C\CCCCCCCCCCCC(=O)OC(COC(=O)CCCCCCCCCCCCCCCCCCCCCCCCCCC/C=C\C/C=C\CCCCCCC)COP(=O)(O)OCC[N+](C)(C)C. The van der Waals surface area contributed by atoms with E-state index in [1.807, 2.05) is 21.1 Å². The van der Waals surface area contributed by atoms with Crippen molar-refractivity contribution in [3.8, 4) is 0 Å². The molecule has 0 aromatic heterocycles. The summed E-state index contributed by atoms with van der Waals surface area (Å²) in [5.74, 6) is -0.794. The third kappa shape index (κ3) is 70.3. The fraction of sp³-hybridized carbons (Fsp3) is 0.789. The van der Waals surface area contributed by atoms with Gasteiger partial charge in [-0.1, -0.05) is 317 Å². The minimum absolute atomic E-state index is 0.0287. The summed E-state index contributed by atoms with van der Waals surface area (Å²) in [5.41, 5.74) is 0. The number of carbonyl (C=O) groups is 2. The van der Waals surface area contributed by atoms with Crippen LogP contribution in [0.2, 0.25) is 0 Å². The summed E-state index contributed by atoms with van der Waals surface area (Å²) < 4.78 is 34.7. The molecule has 0 saturated carbocycles. The van der Waals surface area contributed by atoms with Crippen molar-refractivity contribution < 1.29 is 42.1 Å². The molecular weight excluding hydrogens is 1090 g/mol. The van der Waals surface area contributed by atoms with E-state index in [4.69, 9.17) is 18.5 Å². The van der Waals surface area contributed by atoms with Crippen molar-refractivity contribution in [1.29, 1.82) is 0 Å². The van der Waals surface area contributed by atoms with Gasteiger partial charge in [-0.25, -0.2) is 4.57 Å². The second-order valence-corrected chi connectivity index (χ2v) is 27.0. The lowest BCUT2D eigenvalue weighted by atomic mass is 10.0. The zero-order valence-corrected chi connectivity index (χ0v) is 57.9. The Morgan fingerprint density at radius 3 is 0.988 bits per heavy atom. The van der Waals surface area contributed by atoms with Gasteiger partial charge in [0.25, 0.3) is 0 Å². The minimum atomic E-state index is -4.40. The van der Waals surface area contributed by atoms with Crippen LogP contribution >= 0.6 is 7.82 Å². The quantitative estimate of drug-likeness (QED) is 0.0211. The monoisotopic (exact) mass is 1230 g/mol. The van der Waals surface area contributed by atoms with E-state index in [0.29, 0.717) is 17.4 Å². The number of allylic oxidation sites excluding steroid dienone is 14. The summed E-state index contributed by atoms with van der Waals surface area (Å²) in [6, 6.07) is 0. The Kier molecular flexibility index (Phi) is 64.4. The predicted octanol–water partition coefficient (Wildman–Crippen LogP) is 23.7. The van der Waals surface area contributed by atoms with E-state index in [9.17, 15) is 19.0 Å². The molecule has 0 spiro atoms. The molecule has 0 bridgehead atoms. The molecule has 10 heteroatoms. The van der Waals surface area contributed by atoms with E-state index >= 15 is 0 Å². The molecule has 1 N–H and O–H groups in total. The van der Waals surface area contributed by atoms with Crippen LogP contribution in [0.1, 0.15) is 335 Å². The lowest BCUT2D eigenvalue weighted by molar-refractivity contribution is -0.870. The van der Waals surface area contributed by atoms with E-state index in [1.165, 1.54) is 218 Å². The van der Waals surface area contributed by atoms with Crippen LogP contribution < -0.4 is 0 Å². The third-order valence-electron chi connectivity index (χ3n) is 15.9. The highest BCUT2D eigenvalue weighted by Gasteiger charge is 2.27. The first-order chi connectivity index (χ1) is 42.0. The Hall–Kier alpha value is -2.81. The minimum Gasteiger partial charge on any atom is -0.462 e. The van der Waals surface area contributed by atoms with Crippen molar-refractivity contribution in [2.75, 3.05) is 47.5 Å². The van der Waals surface area contributed by atoms with Gasteiger partial charge in [0, 0.05) is 12.8 Å². The van der Waals surface area contributed by atoms with Crippen molar-refractivity contribution in [3.05, 3.63) is 85.1 Å². The van der Waals surface area contributed by atoms with Gasteiger partial charge < -0.3 is 18.9 Å². The highest BCUT2D eigenvalue weighted by Crippen LogP contribution is 2.43. The van der Waals surface area contributed by atoms with Crippen LogP contribution in [0.5, 0.6) is 0 Å². The average Bonchev–Trinajstić information content (AvgIpc) is 3.70. The number of hydrogen-bond donors (Lipinski definition) is 1. The summed E-state index contributed by atoms with van der Waals surface area (Å²) in [7, 11) is 1.48. The van der Waals surface area contributed by atoms with Crippen LogP contribution in [0.25, 0.3) is 0 Å². The number of ether oxygens (including phenoxy) is 2. The molecule has 2 unspecified atom stereocenters. The van der Waals surface area contributed by atoms with E-state index in [0.717, 1.165) is 83.5 Å².